The van der Waals surface area contributed by atoms with Crippen molar-refractivity contribution in [2.45, 2.75) is 6.10 Å². The summed E-state index contributed by atoms with van der Waals surface area (Å²) in [5.41, 5.74) is 0. The normalized spacial score (nSPS) is 15.7. The molecule has 5 nitrogen and oxygen atoms in total. The summed E-state index contributed by atoms with van der Waals surface area (Å²) in [6, 6.07) is 10.1. The molecule has 0 spiro atoms. The zero-order valence-corrected chi connectivity index (χ0v) is 12.6. The molecule has 0 bridgehead atoms. The molecule has 0 aromatic heterocycles. The SMILES string of the molecule is O=C(COc1ccc(F)cc1F)NCC1COc2ccccc2O1. The molecule has 3 rings (SSSR count). The molecule has 2 aromatic rings. The van der Waals surface area contributed by atoms with Crippen LogP contribution in [0.1, 0.15) is 0 Å². The van der Waals surface area contributed by atoms with Crippen molar-refractivity contribution in [1.82, 2.24) is 5.32 Å². The molecule has 1 amide bonds. The summed E-state index contributed by atoms with van der Waals surface area (Å²) in [5.74, 6) is -0.913. The lowest BCUT2D eigenvalue weighted by Crippen LogP contribution is -2.42. The third kappa shape index (κ3) is 3.92. The Balaban J connectivity index is 1.45. The molecule has 7 heteroatoms. The van der Waals surface area contributed by atoms with Gasteiger partial charge in [0.2, 0.25) is 0 Å². The average Bonchev–Trinajstić information content (AvgIpc) is 2.59. The molecular weight excluding hydrogens is 320 g/mol. The lowest BCUT2D eigenvalue weighted by Gasteiger charge is -2.26. The smallest absolute Gasteiger partial charge is 0.258 e. The first-order chi connectivity index (χ1) is 11.6. The highest BCUT2D eigenvalue weighted by molar-refractivity contribution is 5.77. The summed E-state index contributed by atoms with van der Waals surface area (Å²) < 4.78 is 42.4. The number of halogens is 2. The van der Waals surface area contributed by atoms with Gasteiger partial charge in [-0.2, -0.15) is 0 Å². The second-order valence-corrected chi connectivity index (χ2v) is 5.17. The number of benzene rings is 2. The van der Waals surface area contributed by atoms with E-state index in [0.717, 1.165) is 12.1 Å². The lowest BCUT2D eigenvalue weighted by molar-refractivity contribution is -0.123. The number of ether oxygens (including phenoxy) is 3. The standard InChI is InChI=1S/C17H15F2NO4/c18-11-5-6-14(13(19)7-11)23-10-17(21)20-8-12-9-22-15-3-1-2-4-16(15)24-12/h1-7,12H,8-10H2,(H,20,21). The second-order valence-electron chi connectivity index (χ2n) is 5.17. The Hall–Kier alpha value is -2.83. The minimum absolute atomic E-state index is 0.183. The minimum atomic E-state index is -0.858. The van der Waals surface area contributed by atoms with E-state index in [2.05, 4.69) is 5.32 Å². The van der Waals surface area contributed by atoms with E-state index < -0.39 is 17.5 Å². The summed E-state index contributed by atoms with van der Waals surface area (Å²) in [7, 11) is 0. The van der Waals surface area contributed by atoms with Crippen LogP contribution in [0.4, 0.5) is 8.78 Å². The fourth-order valence-electron chi connectivity index (χ4n) is 2.18. The van der Waals surface area contributed by atoms with Gasteiger partial charge in [-0.3, -0.25) is 4.79 Å². The van der Waals surface area contributed by atoms with Crippen LogP contribution in [-0.4, -0.2) is 31.8 Å². The molecule has 1 atom stereocenters. The van der Waals surface area contributed by atoms with Gasteiger partial charge in [-0.25, -0.2) is 8.78 Å². The van der Waals surface area contributed by atoms with Crippen LogP contribution in [0.5, 0.6) is 17.2 Å². The molecular formula is C17H15F2NO4. The van der Waals surface area contributed by atoms with Crippen LogP contribution in [0.25, 0.3) is 0 Å². The van der Waals surface area contributed by atoms with E-state index >= 15 is 0 Å². The number of carbonyl (C=O) groups is 1. The predicted octanol–water partition coefficient (Wildman–Crippen LogP) is 2.30. The van der Waals surface area contributed by atoms with Gasteiger partial charge in [0.1, 0.15) is 18.5 Å². The van der Waals surface area contributed by atoms with E-state index in [1.807, 2.05) is 12.1 Å². The Morgan fingerprint density at radius 2 is 2.00 bits per heavy atom. The fraction of sp³-hybridized carbons (Fsp3) is 0.235. The van der Waals surface area contributed by atoms with E-state index in [4.69, 9.17) is 14.2 Å². The molecule has 1 N–H and O–H groups in total. The summed E-state index contributed by atoms with van der Waals surface area (Å²) in [6.07, 6.45) is -0.327. The van der Waals surface area contributed by atoms with E-state index in [0.29, 0.717) is 24.2 Å². The van der Waals surface area contributed by atoms with Crippen molar-refractivity contribution in [3.8, 4) is 17.2 Å². The van der Waals surface area contributed by atoms with Gasteiger partial charge in [0.25, 0.3) is 5.91 Å². The van der Waals surface area contributed by atoms with Gasteiger partial charge in [0.05, 0.1) is 6.54 Å². The van der Waals surface area contributed by atoms with E-state index in [1.54, 1.807) is 12.1 Å². The summed E-state index contributed by atoms with van der Waals surface area (Å²) in [6.45, 7) is 0.153. The van der Waals surface area contributed by atoms with Crippen molar-refractivity contribution >= 4 is 5.91 Å². The summed E-state index contributed by atoms with van der Waals surface area (Å²) >= 11 is 0. The Kier molecular flexibility index (Phi) is 4.79. The molecule has 0 saturated heterocycles. The van der Waals surface area contributed by atoms with Crippen molar-refractivity contribution in [2.24, 2.45) is 0 Å². The first-order valence-electron chi connectivity index (χ1n) is 7.35. The molecule has 0 radical (unpaired) electrons. The average molecular weight is 335 g/mol. The van der Waals surface area contributed by atoms with E-state index in [1.165, 1.54) is 0 Å². The van der Waals surface area contributed by atoms with E-state index in [-0.39, 0.29) is 25.0 Å². The topological polar surface area (TPSA) is 56.8 Å². The summed E-state index contributed by atoms with van der Waals surface area (Å²) in [5, 5.41) is 2.62. The van der Waals surface area contributed by atoms with Gasteiger partial charge < -0.3 is 19.5 Å². The quantitative estimate of drug-likeness (QED) is 0.911. The highest BCUT2D eigenvalue weighted by Crippen LogP contribution is 2.30. The van der Waals surface area contributed by atoms with Gasteiger partial charge in [0, 0.05) is 6.07 Å². The second kappa shape index (κ2) is 7.16. The number of amides is 1. The number of rotatable bonds is 5. The first-order valence-corrected chi connectivity index (χ1v) is 7.35. The number of para-hydroxylation sites is 2. The maximum absolute atomic E-state index is 13.4. The lowest BCUT2D eigenvalue weighted by atomic mass is 10.2. The molecule has 1 aliphatic rings. The number of nitrogens with one attached hydrogen (secondary N) is 1. The molecule has 1 heterocycles. The van der Waals surface area contributed by atoms with Crippen molar-refractivity contribution < 1.29 is 27.8 Å². The van der Waals surface area contributed by atoms with Crippen LogP contribution in [0.3, 0.4) is 0 Å². The maximum Gasteiger partial charge on any atom is 0.258 e. The van der Waals surface area contributed by atoms with Gasteiger partial charge in [-0.05, 0) is 24.3 Å². The summed E-state index contributed by atoms with van der Waals surface area (Å²) in [4.78, 5) is 11.8. The van der Waals surface area contributed by atoms with Crippen LogP contribution in [0, 0.1) is 11.6 Å². The zero-order valence-electron chi connectivity index (χ0n) is 12.6. The van der Waals surface area contributed by atoms with Crippen LogP contribution in [0.2, 0.25) is 0 Å². The van der Waals surface area contributed by atoms with Gasteiger partial charge in [-0.1, -0.05) is 12.1 Å². The minimum Gasteiger partial charge on any atom is -0.486 e. The number of fused-ring (bicyclic) bond motifs is 1. The van der Waals surface area contributed by atoms with Gasteiger partial charge >= 0.3 is 0 Å². The Labute approximate surface area is 137 Å². The molecule has 126 valence electrons. The molecule has 0 aliphatic carbocycles. The maximum atomic E-state index is 13.4. The number of carbonyl (C=O) groups excluding carboxylic acids is 1. The van der Waals surface area contributed by atoms with E-state index in [9.17, 15) is 13.6 Å². The Morgan fingerprint density at radius 3 is 2.79 bits per heavy atom. The predicted molar refractivity (Wildman–Crippen MR) is 81.2 cm³/mol. The molecule has 24 heavy (non-hydrogen) atoms. The van der Waals surface area contributed by atoms with Crippen LogP contribution in [0.15, 0.2) is 42.5 Å². The molecule has 0 saturated carbocycles. The largest absolute Gasteiger partial charge is 0.486 e. The first kappa shape index (κ1) is 16.0. The molecule has 1 aliphatic heterocycles. The zero-order chi connectivity index (χ0) is 16.9. The molecule has 2 aromatic carbocycles. The Bertz CT molecular complexity index is 738. The van der Waals surface area contributed by atoms with Crippen molar-refractivity contribution in [1.29, 1.82) is 0 Å². The molecule has 1 unspecified atom stereocenters. The molecule has 0 fully saturated rings. The fourth-order valence-corrected chi connectivity index (χ4v) is 2.18. The Morgan fingerprint density at radius 1 is 1.21 bits per heavy atom. The third-order valence-electron chi connectivity index (χ3n) is 3.35. The van der Waals surface area contributed by atoms with Gasteiger partial charge in [-0.15, -0.1) is 0 Å². The monoisotopic (exact) mass is 335 g/mol. The van der Waals surface area contributed by atoms with Crippen LogP contribution >= 0.6 is 0 Å². The van der Waals surface area contributed by atoms with Crippen molar-refractivity contribution in [2.75, 3.05) is 19.8 Å². The van der Waals surface area contributed by atoms with Crippen LogP contribution < -0.4 is 19.5 Å². The number of hydrogen-bond donors (Lipinski definition) is 1. The van der Waals surface area contributed by atoms with Gasteiger partial charge in [0.15, 0.2) is 29.7 Å². The number of hydrogen-bond acceptors (Lipinski definition) is 4. The van der Waals surface area contributed by atoms with Crippen LogP contribution in [-0.2, 0) is 4.79 Å². The van der Waals surface area contributed by atoms with Crippen molar-refractivity contribution in [3.05, 3.63) is 54.1 Å². The highest BCUT2D eigenvalue weighted by atomic mass is 19.1. The third-order valence-corrected chi connectivity index (χ3v) is 3.35. The highest BCUT2D eigenvalue weighted by Gasteiger charge is 2.21. The van der Waals surface area contributed by atoms with Crippen molar-refractivity contribution in [3.63, 3.8) is 0 Å².